The summed E-state index contributed by atoms with van der Waals surface area (Å²) in [5, 5.41) is 12.2. The predicted octanol–water partition coefficient (Wildman–Crippen LogP) is 6.65. The molecule has 0 amide bonds. The first-order chi connectivity index (χ1) is 23.2. The first-order valence-corrected chi connectivity index (χ1v) is 15.9. The van der Waals surface area contributed by atoms with E-state index in [1.807, 2.05) is 56.3 Å². The minimum absolute atomic E-state index is 0.108. The molecule has 2 unspecified atom stereocenters. The largest absolute Gasteiger partial charge is 0.492 e. The van der Waals surface area contributed by atoms with E-state index in [4.69, 9.17) is 32.1 Å². The Bertz CT molecular complexity index is 1580. The van der Waals surface area contributed by atoms with Gasteiger partial charge in [-0.3, -0.25) is 9.59 Å². The maximum Gasteiger partial charge on any atom is 0.290 e. The van der Waals surface area contributed by atoms with Crippen molar-refractivity contribution < 1.29 is 23.8 Å². The Morgan fingerprint density at radius 2 is 1.67 bits per heavy atom. The number of nitrogens with two attached hydrogens (primary N) is 2. The van der Waals surface area contributed by atoms with Gasteiger partial charge in [-0.1, -0.05) is 70.1 Å². The lowest BCUT2D eigenvalue weighted by atomic mass is 9.89. The molecule has 0 saturated carbocycles. The number of amidine groups is 1. The Kier molecular flexibility index (Phi) is 19.6. The summed E-state index contributed by atoms with van der Waals surface area (Å²) in [6, 6.07) is 20.8. The number of fused-ring (bicyclic) bond motifs is 1. The van der Waals surface area contributed by atoms with Crippen molar-refractivity contribution in [3.05, 3.63) is 112 Å². The summed E-state index contributed by atoms with van der Waals surface area (Å²) in [4.78, 5) is 22.8. The van der Waals surface area contributed by atoms with Crippen LogP contribution >= 0.6 is 11.6 Å². The summed E-state index contributed by atoms with van der Waals surface area (Å²) < 4.78 is 19.3. The van der Waals surface area contributed by atoms with Gasteiger partial charge in [0.05, 0.1) is 5.57 Å². The quantitative estimate of drug-likeness (QED) is 0.0173. The number of hydrogen-bond acceptors (Lipinski definition) is 7. The van der Waals surface area contributed by atoms with Gasteiger partial charge in [0.15, 0.2) is 12.1 Å². The third kappa shape index (κ3) is 12.5. The number of halogens is 2. The molecule has 4 rings (SSSR count). The predicted molar refractivity (Wildman–Crippen MR) is 194 cm³/mol. The number of hydrogen-bond donors (Lipinski definition) is 6. The second-order valence-corrected chi connectivity index (χ2v) is 10.6. The van der Waals surface area contributed by atoms with Crippen molar-refractivity contribution in [3.63, 3.8) is 0 Å². The summed E-state index contributed by atoms with van der Waals surface area (Å²) in [7, 11) is 1.50. The highest BCUT2D eigenvalue weighted by Gasteiger charge is 2.20. The lowest BCUT2D eigenvalue weighted by Crippen LogP contribution is -2.41. The molecule has 0 bridgehead atoms. The van der Waals surface area contributed by atoms with Crippen molar-refractivity contribution in [1.82, 2.24) is 15.8 Å². The van der Waals surface area contributed by atoms with Crippen molar-refractivity contribution in [1.29, 1.82) is 0 Å². The van der Waals surface area contributed by atoms with Crippen molar-refractivity contribution in [3.8, 4) is 5.75 Å². The number of carboxylic acid groups (broad SMARTS) is 1. The number of rotatable bonds is 13. The van der Waals surface area contributed by atoms with E-state index in [0.29, 0.717) is 24.5 Å². The van der Waals surface area contributed by atoms with E-state index in [0.717, 1.165) is 46.3 Å². The molecule has 0 aliphatic carbocycles. The first-order valence-electron chi connectivity index (χ1n) is 15.6. The van der Waals surface area contributed by atoms with E-state index in [1.165, 1.54) is 24.7 Å². The third-order valence-electron chi connectivity index (χ3n) is 7.26. The van der Waals surface area contributed by atoms with Crippen LogP contribution < -0.4 is 27.2 Å². The zero-order valence-corrected chi connectivity index (χ0v) is 29.0. The standard InChI is InChI=1S/C32H35ClFN5O2.C2H6.CH5N.CH2O2/c1-20(23-5-10-26(34)11-6-23)4-14-28-29-18-25(33)9-15-30(29)37-31(28)22(3)24-7-12-27(13-8-24)41-17-16-36-39-32(38-35)21(2)19-40;2*1-2;2-1-3/h5-13,15,18-20,22,36-37H,2,4,14,16-17,35H2,1,3H3,(H,38,39);1-2H3;2H2,1H3;1H,(H,2,3). The summed E-state index contributed by atoms with van der Waals surface area (Å²) in [6.07, 6.45) is 2.35. The van der Waals surface area contributed by atoms with E-state index < -0.39 is 0 Å². The highest BCUT2D eigenvalue weighted by Crippen LogP contribution is 2.35. The van der Waals surface area contributed by atoms with Crippen molar-refractivity contribution in [2.75, 3.05) is 20.2 Å². The zero-order chi connectivity index (χ0) is 36.1. The van der Waals surface area contributed by atoms with Crippen molar-refractivity contribution >= 4 is 41.1 Å². The summed E-state index contributed by atoms with van der Waals surface area (Å²) in [5.41, 5.74) is 16.0. The number of aryl methyl sites for hydroxylation is 1. The number of aldehydes is 1. The molecule has 12 heteroatoms. The topological polar surface area (TPSA) is 168 Å². The summed E-state index contributed by atoms with van der Waals surface area (Å²) in [5.74, 6) is 6.32. The molecule has 0 aliphatic rings. The van der Waals surface area contributed by atoms with Crippen LogP contribution in [0.25, 0.3) is 10.9 Å². The van der Waals surface area contributed by atoms with Crippen LogP contribution in [0.3, 0.4) is 0 Å². The zero-order valence-electron chi connectivity index (χ0n) is 28.2. The number of nitrogens with one attached hydrogen (secondary N) is 3. The third-order valence-corrected chi connectivity index (χ3v) is 7.49. The fraction of sp³-hybridized carbons (Fsp3) is 0.306. The van der Waals surface area contributed by atoms with Crippen LogP contribution in [0.1, 0.15) is 68.3 Å². The minimum atomic E-state index is -0.250. The van der Waals surface area contributed by atoms with Crippen LogP contribution in [-0.4, -0.2) is 48.9 Å². The Morgan fingerprint density at radius 3 is 2.25 bits per heavy atom. The van der Waals surface area contributed by atoms with Gasteiger partial charge >= 0.3 is 0 Å². The molecule has 0 aliphatic heterocycles. The van der Waals surface area contributed by atoms with E-state index in [-0.39, 0.29) is 35.5 Å². The van der Waals surface area contributed by atoms with E-state index in [1.54, 1.807) is 0 Å². The number of ether oxygens (including phenoxy) is 1. The molecule has 10 nitrogen and oxygen atoms in total. The van der Waals surface area contributed by atoms with Gasteiger partial charge < -0.3 is 31.8 Å². The van der Waals surface area contributed by atoms with Crippen molar-refractivity contribution in [2.24, 2.45) is 16.7 Å². The van der Waals surface area contributed by atoms with Crippen LogP contribution in [0.2, 0.25) is 5.02 Å². The number of aromatic nitrogens is 1. The second-order valence-electron chi connectivity index (χ2n) is 10.1. The fourth-order valence-electron chi connectivity index (χ4n) is 4.84. The van der Waals surface area contributed by atoms with Gasteiger partial charge in [0.1, 0.15) is 18.2 Å². The van der Waals surface area contributed by atoms with Gasteiger partial charge in [0.2, 0.25) is 0 Å². The van der Waals surface area contributed by atoms with E-state index in [9.17, 15) is 9.18 Å². The SMILES string of the molecule is C=C(C=O)/C(=N/N)NNCCOc1ccc(C(C)c2[nH]c3ccc(Cl)cc3c2CCC(C)c2ccc(F)cc2)cc1.CC.CN.O=CO. The van der Waals surface area contributed by atoms with Crippen molar-refractivity contribution in [2.45, 2.75) is 52.4 Å². The smallest absolute Gasteiger partial charge is 0.290 e. The molecule has 0 saturated heterocycles. The molecular weight excluding hydrogens is 635 g/mol. The summed E-state index contributed by atoms with van der Waals surface area (Å²) >= 11 is 6.39. The Morgan fingerprint density at radius 1 is 1.06 bits per heavy atom. The first kappa shape index (κ1) is 41.3. The highest BCUT2D eigenvalue weighted by molar-refractivity contribution is 6.31. The van der Waals surface area contributed by atoms with Crippen LogP contribution in [0.15, 0.2) is 84.0 Å². The second kappa shape index (κ2) is 22.8. The fourth-order valence-corrected chi connectivity index (χ4v) is 5.01. The van der Waals surface area contributed by atoms with Crippen LogP contribution in [0, 0.1) is 5.82 Å². The van der Waals surface area contributed by atoms with Crippen LogP contribution in [-0.2, 0) is 16.0 Å². The molecule has 2 atom stereocenters. The molecule has 4 aromatic rings. The molecule has 1 aromatic heterocycles. The molecule has 3 aromatic carbocycles. The van der Waals surface area contributed by atoms with E-state index >= 15 is 0 Å². The molecule has 0 spiro atoms. The number of hydrazine groups is 1. The maximum absolute atomic E-state index is 13.4. The molecule has 0 fully saturated rings. The molecule has 0 radical (unpaired) electrons. The van der Waals surface area contributed by atoms with Gasteiger partial charge in [0, 0.05) is 34.1 Å². The minimum Gasteiger partial charge on any atom is -0.492 e. The number of carbonyl (C=O) groups is 2. The molecular formula is C36H48ClFN6O4. The lowest BCUT2D eigenvalue weighted by molar-refractivity contribution is -0.122. The molecule has 260 valence electrons. The van der Waals surface area contributed by atoms with Crippen LogP contribution in [0.5, 0.6) is 5.75 Å². The van der Waals surface area contributed by atoms with Gasteiger partial charge in [-0.25, -0.2) is 9.82 Å². The van der Waals surface area contributed by atoms with Crippen LogP contribution in [0.4, 0.5) is 4.39 Å². The number of carbonyl (C=O) groups excluding carboxylic acids is 1. The van der Waals surface area contributed by atoms with E-state index in [2.05, 4.69) is 59.2 Å². The maximum atomic E-state index is 13.4. The highest BCUT2D eigenvalue weighted by atomic mass is 35.5. The molecule has 48 heavy (non-hydrogen) atoms. The number of nitrogens with zero attached hydrogens (tertiary/aromatic N) is 1. The Labute approximate surface area is 287 Å². The number of benzene rings is 3. The number of hydrazone groups is 1. The molecule has 1 heterocycles. The normalized spacial score (nSPS) is 11.7. The monoisotopic (exact) mass is 682 g/mol. The average Bonchev–Trinajstić information content (AvgIpc) is 3.48. The van der Waals surface area contributed by atoms with Gasteiger partial charge in [0.25, 0.3) is 6.47 Å². The Hall–Kier alpha value is -4.71. The lowest BCUT2D eigenvalue weighted by Gasteiger charge is -2.17. The van der Waals surface area contributed by atoms with Gasteiger partial charge in [-0.15, -0.1) is 0 Å². The number of H-pyrrole nitrogens is 1. The summed E-state index contributed by atoms with van der Waals surface area (Å²) in [6.45, 7) is 12.5. The average molecular weight is 683 g/mol. The molecule has 8 N–H and O–H groups in total. The van der Waals surface area contributed by atoms with Gasteiger partial charge in [-0.2, -0.15) is 5.10 Å². The Balaban J connectivity index is 0.00000153. The van der Waals surface area contributed by atoms with Gasteiger partial charge in [-0.05, 0) is 85.0 Å². The number of aromatic amines is 1.